The van der Waals surface area contributed by atoms with E-state index < -0.39 is 0 Å². The van der Waals surface area contributed by atoms with Gasteiger partial charge in [-0.3, -0.25) is 9.78 Å². The molecule has 0 aliphatic heterocycles. The van der Waals surface area contributed by atoms with E-state index in [0.717, 1.165) is 16.9 Å². The third-order valence-electron chi connectivity index (χ3n) is 3.88. The van der Waals surface area contributed by atoms with Gasteiger partial charge in [0, 0.05) is 36.9 Å². The lowest BCUT2D eigenvalue weighted by atomic mass is 10.2. The molecule has 0 aliphatic rings. The zero-order valence-corrected chi connectivity index (χ0v) is 14.9. The van der Waals surface area contributed by atoms with E-state index in [0.29, 0.717) is 24.7 Å². The highest BCUT2D eigenvalue weighted by molar-refractivity contribution is 6.04. The van der Waals surface area contributed by atoms with Crippen molar-refractivity contribution in [3.63, 3.8) is 0 Å². The standard InChI is InChI=1S/C20H21N5O/c1-3-25(17-9-5-4-6-10-17)19(26)18-12-15(2)23-20(24-18)22-14-16-8-7-11-21-13-16/h4-13H,3,14H2,1-2H3,(H,22,23,24). The van der Waals surface area contributed by atoms with Crippen LogP contribution in [-0.4, -0.2) is 27.4 Å². The molecule has 0 bridgehead atoms. The summed E-state index contributed by atoms with van der Waals surface area (Å²) in [5, 5.41) is 3.16. The summed E-state index contributed by atoms with van der Waals surface area (Å²) < 4.78 is 0. The maximum atomic E-state index is 13.0. The molecular weight excluding hydrogens is 326 g/mol. The van der Waals surface area contributed by atoms with Crippen LogP contribution in [0.25, 0.3) is 0 Å². The third kappa shape index (κ3) is 4.22. The molecule has 1 aromatic carbocycles. The first-order chi connectivity index (χ1) is 12.7. The van der Waals surface area contributed by atoms with Crippen molar-refractivity contribution in [3.05, 3.63) is 77.9 Å². The molecule has 6 heteroatoms. The van der Waals surface area contributed by atoms with E-state index in [1.54, 1.807) is 23.4 Å². The molecule has 0 saturated heterocycles. The smallest absolute Gasteiger partial charge is 0.277 e. The summed E-state index contributed by atoms with van der Waals surface area (Å²) in [6.07, 6.45) is 3.51. The Kier molecular flexibility index (Phi) is 5.53. The van der Waals surface area contributed by atoms with Crippen molar-refractivity contribution in [2.75, 3.05) is 16.8 Å². The molecule has 2 aromatic heterocycles. The Morgan fingerprint density at radius 1 is 1.12 bits per heavy atom. The summed E-state index contributed by atoms with van der Waals surface area (Å²) in [5.41, 5.74) is 2.98. The second kappa shape index (κ2) is 8.20. The lowest BCUT2D eigenvalue weighted by molar-refractivity contribution is 0.0983. The van der Waals surface area contributed by atoms with E-state index in [2.05, 4.69) is 20.3 Å². The zero-order chi connectivity index (χ0) is 18.4. The van der Waals surface area contributed by atoms with Gasteiger partial charge in [-0.2, -0.15) is 0 Å². The Balaban J connectivity index is 1.81. The number of anilines is 2. The minimum atomic E-state index is -0.145. The highest BCUT2D eigenvalue weighted by atomic mass is 16.2. The molecule has 3 aromatic rings. The fourth-order valence-electron chi connectivity index (χ4n) is 2.63. The Labute approximate surface area is 153 Å². The molecular formula is C20H21N5O. The van der Waals surface area contributed by atoms with Gasteiger partial charge in [-0.15, -0.1) is 0 Å². The number of carbonyl (C=O) groups excluding carboxylic acids is 1. The van der Waals surface area contributed by atoms with E-state index in [1.165, 1.54) is 0 Å². The number of nitrogens with one attached hydrogen (secondary N) is 1. The summed E-state index contributed by atoms with van der Waals surface area (Å²) in [7, 11) is 0. The van der Waals surface area contributed by atoms with Crippen molar-refractivity contribution in [2.45, 2.75) is 20.4 Å². The lowest BCUT2D eigenvalue weighted by Crippen LogP contribution is -2.31. The molecule has 0 atom stereocenters. The Morgan fingerprint density at radius 3 is 2.62 bits per heavy atom. The monoisotopic (exact) mass is 347 g/mol. The van der Waals surface area contributed by atoms with E-state index in [1.807, 2.05) is 56.3 Å². The average molecular weight is 347 g/mol. The summed E-state index contributed by atoms with van der Waals surface area (Å²) in [6, 6.07) is 15.1. The van der Waals surface area contributed by atoms with Crippen molar-refractivity contribution in [1.82, 2.24) is 15.0 Å². The van der Waals surface area contributed by atoms with Gasteiger partial charge in [0.05, 0.1) is 0 Å². The summed E-state index contributed by atoms with van der Waals surface area (Å²) in [6.45, 7) is 4.90. The number of hydrogen-bond acceptors (Lipinski definition) is 5. The van der Waals surface area contributed by atoms with Crippen LogP contribution in [0.4, 0.5) is 11.6 Å². The van der Waals surface area contributed by atoms with E-state index in [9.17, 15) is 4.79 Å². The molecule has 0 radical (unpaired) electrons. The number of para-hydroxylation sites is 1. The minimum absolute atomic E-state index is 0.145. The summed E-state index contributed by atoms with van der Waals surface area (Å²) >= 11 is 0. The molecule has 0 saturated carbocycles. The van der Waals surface area contributed by atoms with Gasteiger partial charge in [0.2, 0.25) is 5.95 Å². The number of hydrogen-bond donors (Lipinski definition) is 1. The average Bonchev–Trinajstić information content (AvgIpc) is 2.68. The minimum Gasteiger partial charge on any atom is -0.350 e. The second-order valence-electron chi connectivity index (χ2n) is 5.82. The van der Waals surface area contributed by atoms with Crippen molar-refractivity contribution in [3.8, 4) is 0 Å². The maximum Gasteiger partial charge on any atom is 0.277 e. The van der Waals surface area contributed by atoms with Gasteiger partial charge >= 0.3 is 0 Å². The SMILES string of the molecule is CCN(C(=O)c1cc(C)nc(NCc2cccnc2)n1)c1ccccc1. The van der Waals surface area contributed by atoms with Crippen molar-refractivity contribution < 1.29 is 4.79 Å². The number of nitrogens with zero attached hydrogens (tertiary/aromatic N) is 4. The van der Waals surface area contributed by atoms with Gasteiger partial charge in [0.25, 0.3) is 5.91 Å². The fraction of sp³-hybridized carbons (Fsp3) is 0.200. The molecule has 1 N–H and O–H groups in total. The molecule has 0 spiro atoms. The van der Waals surface area contributed by atoms with Crippen LogP contribution in [0.3, 0.4) is 0 Å². The highest BCUT2D eigenvalue weighted by Gasteiger charge is 2.18. The van der Waals surface area contributed by atoms with Crippen molar-refractivity contribution >= 4 is 17.5 Å². The van der Waals surface area contributed by atoms with Gasteiger partial charge in [-0.1, -0.05) is 24.3 Å². The van der Waals surface area contributed by atoms with Crippen LogP contribution in [0, 0.1) is 6.92 Å². The molecule has 0 aliphatic carbocycles. The van der Waals surface area contributed by atoms with Crippen molar-refractivity contribution in [1.29, 1.82) is 0 Å². The first kappa shape index (κ1) is 17.5. The molecule has 6 nitrogen and oxygen atoms in total. The maximum absolute atomic E-state index is 13.0. The van der Waals surface area contributed by atoms with Crippen LogP contribution in [0.2, 0.25) is 0 Å². The predicted molar refractivity (Wildman–Crippen MR) is 102 cm³/mol. The zero-order valence-electron chi connectivity index (χ0n) is 14.9. The Hall–Kier alpha value is -3.28. The molecule has 3 rings (SSSR count). The van der Waals surface area contributed by atoms with Crippen LogP contribution in [0.15, 0.2) is 60.9 Å². The van der Waals surface area contributed by atoms with E-state index in [4.69, 9.17) is 0 Å². The van der Waals surface area contributed by atoms with Crippen LogP contribution in [-0.2, 0) is 6.54 Å². The topological polar surface area (TPSA) is 71.0 Å². The van der Waals surface area contributed by atoms with Gasteiger partial charge in [-0.25, -0.2) is 9.97 Å². The van der Waals surface area contributed by atoms with E-state index >= 15 is 0 Å². The number of benzene rings is 1. The highest BCUT2D eigenvalue weighted by Crippen LogP contribution is 2.17. The molecule has 26 heavy (non-hydrogen) atoms. The molecule has 1 amide bonds. The normalized spacial score (nSPS) is 10.4. The Bertz CT molecular complexity index is 868. The van der Waals surface area contributed by atoms with Crippen LogP contribution < -0.4 is 10.2 Å². The summed E-state index contributed by atoms with van der Waals surface area (Å²) in [4.78, 5) is 27.5. The number of carbonyl (C=O) groups is 1. The van der Waals surface area contributed by atoms with Gasteiger partial charge in [-0.05, 0) is 43.7 Å². The summed E-state index contributed by atoms with van der Waals surface area (Å²) in [5.74, 6) is 0.287. The van der Waals surface area contributed by atoms with Gasteiger partial charge in [0.1, 0.15) is 5.69 Å². The van der Waals surface area contributed by atoms with E-state index in [-0.39, 0.29) is 5.91 Å². The van der Waals surface area contributed by atoms with Crippen LogP contribution in [0.1, 0.15) is 28.7 Å². The number of amides is 1. The number of pyridine rings is 1. The second-order valence-corrected chi connectivity index (χ2v) is 5.82. The molecule has 132 valence electrons. The van der Waals surface area contributed by atoms with Crippen molar-refractivity contribution in [2.24, 2.45) is 0 Å². The van der Waals surface area contributed by atoms with Crippen LogP contribution in [0.5, 0.6) is 0 Å². The van der Waals surface area contributed by atoms with Crippen LogP contribution >= 0.6 is 0 Å². The first-order valence-electron chi connectivity index (χ1n) is 8.52. The largest absolute Gasteiger partial charge is 0.350 e. The predicted octanol–water partition coefficient (Wildman–Crippen LogP) is 3.46. The Morgan fingerprint density at radius 2 is 1.92 bits per heavy atom. The quantitative estimate of drug-likeness (QED) is 0.739. The molecule has 0 fully saturated rings. The third-order valence-corrected chi connectivity index (χ3v) is 3.88. The molecule has 2 heterocycles. The number of rotatable bonds is 6. The van der Waals surface area contributed by atoms with Gasteiger partial charge < -0.3 is 10.2 Å². The first-order valence-corrected chi connectivity index (χ1v) is 8.52. The lowest BCUT2D eigenvalue weighted by Gasteiger charge is -2.21. The number of aromatic nitrogens is 3. The number of aryl methyl sites for hydroxylation is 1. The molecule has 0 unspecified atom stereocenters. The fourth-order valence-corrected chi connectivity index (χ4v) is 2.63. The van der Waals surface area contributed by atoms with Gasteiger partial charge in [0.15, 0.2) is 0 Å².